The third-order valence-corrected chi connectivity index (χ3v) is 5.01. The van der Waals surface area contributed by atoms with Crippen LogP contribution in [0.25, 0.3) is 11.1 Å². The van der Waals surface area contributed by atoms with Gasteiger partial charge in [-0.2, -0.15) is 0 Å². The van der Waals surface area contributed by atoms with Crippen LogP contribution in [0, 0.1) is 11.8 Å². The summed E-state index contributed by atoms with van der Waals surface area (Å²) in [5.41, 5.74) is 5.41. The number of nitrogens with one attached hydrogen (secondary N) is 1. The highest BCUT2D eigenvalue weighted by Gasteiger charge is 2.28. The van der Waals surface area contributed by atoms with Gasteiger partial charge < -0.3 is 15.2 Å². The zero-order chi connectivity index (χ0) is 20.9. The number of carbonyl (C=O) groups is 2. The van der Waals surface area contributed by atoms with E-state index in [1.54, 1.807) is 12.1 Å². The van der Waals surface area contributed by atoms with Crippen molar-refractivity contribution in [1.82, 2.24) is 5.32 Å². The lowest BCUT2D eigenvalue weighted by Crippen LogP contribution is -2.26. The molecule has 0 saturated heterocycles. The van der Waals surface area contributed by atoms with Gasteiger partial charge in [0.1, 0.15) is 6.61 Å². The van der Waals surface area contributed by atoms with Gasteiger partial charge >= 0.3 is 12.1 Å². The molecule has 0 spiro atoms. The fourth-order valence-corrected chi connectivity index (χ4v) is 3.64. The van der Waals surface area contributed by atoms with E-state index in [0.29, 0.717) is 5.56 Å². The minimum absolute atomic E-state index is 0.00740. The van der Waals surface area contributed by atoms with Gasteiger partial charge in [0.25, 0.3) is 0 Å². The lowest BCUT2D eigenvalue weighted by molar-refractivity contribution is 0.0696. The van der Waals surface area contributed by atoms with Crippen LogP contribution < -0.4 is 5.32 Å². The molecule has 1 aliphatic carbocycles. The van der Waals surface area contributed by atoms with Gasteiger partial charge in [-0.1, -0.05) is 66.4 Å². The Morgan fingerprint density at radius 3 is 2.27 bits per heavy atom. The molecule has 3 aromatic rings. The number of hydrogen-bond acceptors (Lipinski definition) is 3. The Hall–Kier alpha value is -4.04. The summed E-state index contributed by atoms with van der Waals surface area (Å²) in [4.78, 5) is 23.1. The van der Waals surface area contributed by atoms with Crippen LogP contribution in [-0.2, 0) is 4.74 Å². The summed E-state index contributed by atoms with van der Waals surface area (Å²) in [5, 5.41) is 11.6. The molecular formula is C25H19NO4. The molecular weight excluding hydrogens is 378 g/mol. The molecule has 5 heteroatoms. The maximum absolute atomic E-state index is 12.1. The van der Waals surface area contributed by atoms with E-state index in [9.17, 15) is 9.59 Å². The van der Waals surface area contributed by atoms with Crippen molar-refractivity contribution >= 4 is 12.1 Å². The fraction of sp³-hybridized carbons (Fsp3) is 0.120. The van der Waals surface area contributed by atoms with E-state index < -0.39 is 12.1 Å². The van der Waals surface area contributed by atoms with E-state index in [1.807, 2.05) is 24.3 Å². The first kappa shape index (κ1) is 19.3. The number of carboxylic acids is 1. The maximum Gasteiger partial charge on any atom is 0.407 e. The molecule has 0 saturated carbocycles. The molecule has 0 bridgehead atoms. The summed E-state index contributed by atoms with van der Waals surface area (Å²) < 4.78 is 5.45. The first-order valence-electron chi connectivity index (χ1n) is 9.54. The average molecular weight is 397 g/mol. The summed E-state index contributed by atoms with van der Waals surface area (Å²) in [7, 11) is 0. The molecule has 1 aliphatic rings. The predicted molar refractivity (Wildman–Crippen MR) is 113 cm³/mol. The normalized spacial score (nSPS) is 11.6. The van der Waals surface area contributed by atoms with Crippen LogP contribution in [-0.4, -0.2) is 30.3 Å². The molecule has 3 aromatic carbocycles. The summed E-state index contributed by atoms with van der Waals surface area (Å²) in [5.74, 6) is 4.64. The van der Waals surface area contributed by atoms with Crippen molar-refractivity contribution in [2.24, 2.45) is 0 Å². The van der Waals surface area contributed by atoms with E-state index in [1.165, 1.54) is 23.3 Å². The Morgan fingerprint density at radius 1 is 0.933 bits per heavy atom. The lowest BCUT2D eigenvalue weighted by atomic mass is 9.98. The Kier molecular flexibility index (Phi) is 5.49. The minimum Gasteiger partial charge on any atom is -0.478 e. The second kappa shape index (κ2) is 8.54. The summed E-state index contributed by atoms with van der Waals surface area (Å²) >= 11 is 0. The second-order valence-corrected chi connectivity index (χ2v) is 6.87. The number of amides is 1. The zero-order valence-electron chi connectivity index (χ0n) is 16.1. The SMILES string of the molecule is O=C(NCC#Cc1cccc(C(=O)O)c1)OCC1c2ccccc2-c2ccccc21. The third-order valence-electron chi connectivity index (χ3n) is 5.01. The summed E-state index contributed by atoms with van der Waals surface area (Å²) in [6, 6.07) is 22.7. The molecule has 5 nitrogen and oxygen atoms in total. The van der Waals surface area contributed by atoms with Gasteiger partial charge in [0, 0.05) is 11.5 Å². The molecule has 148 valence electrons. The van der Waals surface area contributed by atoms with Crippen LogP contribution in [0.5, 0.6) is 0 Å². The van der Waals surface area contributed by atoms with Gasteiger partial charge in [0.05, 0.1) is 12.1 Å². The predicted octanol–water partition coefficient (Wildman–Crippen LogP) is 4.28. The molecule has 4 rings (SSSR count). The topological polar surface area (TPSA) is 75.6 Å². The van der Waals surface area contributed by atoms with E-state index >= 15 is 0 Å². The highest BCUT2D eigenvalue weighted by atomic mass is 16.5. The van der Waals surface area contributed by atoms with Crippen LogP contribution in [0.4, 0.5) is 4.79 Å². The number of alkyl carbamates (subject to hydrolysis) is 1. The van der Waals surface area contributed by atoms with Gasteiger partial charge in [-0.25, -0.2) is 9.59 Å². The number of ether oxygens (including phenoxy) is 1. The standard InChI is InChI=1S/C25H19NO4/c27-24(28)18-9-5-7-17(15-18)8-6-14-26-25(29)30-16-23-21-12-3-1-10-19(21)20-11-2-4-13-22(20)23/h1-5,7,9-13,15,23H,14,16H2,(H,26,29)(H,27,28). The van der Waals surface area contributed by atoms with Crippen molar-refractivity contribution in [3.8, 4) is 23.0 Å². The Bertz CT molecular complexity index is 1130. The van der Waals surface area contributed by atoms with E-state index in [2.05, 4.69) is 41.4 Å². The van der Waals surface area contributed by atoms with Gasteiger partial charge in [-0.05, 0) is 40.5 Å². The van der Waals surface area contributed by atoms with Crippen LogP contribution in [0.2, 0.25) is 0 Å². The Labute approximate surface area is 174 Å². The highest BCUT2D eigenvalue weighted by molar-refractivity contribution is 5.88. The van der Waals surface area contributed by atoms with Crippen molar-refractivity contribution in [3.05, 3.63) is 95.1 Å². The van der Waals surface area contributed by atoms with Gasteiger partial charge in [0.15, 0.2) is 0 Å². The van der Waals surface area contributed by atoms with E-state index in [-0.39, 0.29) is 24.6 Å². The monoisotopic (exact) mass is 397 g/mol. The molecule has 0 radical (unpaired) electrons. The number of carboxylic acid groups (broad SMARTS) is 1. The minimum atomic E-state index is -1.00. The summed E-state index contributed by atoms with van der Waals surface area (Å²) in [6.45, 7) is 0.349. The Morgan fingerprint density at radius 2 is 1.60 bits per heavy atom. The molecule has 0 atom stereocenters. The quantitative estimate of drug-likeness (QED) is 0.645. The van der Waals surface area contributed by atoms with E-state index in [0.717, 1.165) is 11.1 Å². The van der Waals surface area contributed by atoms with Gasteiger partial charge in [0.2, 0.25) is 0 Å². The van der Waals surface area contributed by atoms with Crippen LogP contribution in [0.15, 0.2) is 72.8 Å². The number of hydrogen-bond donors (Lipinski definition) is 2. The number of carbonyl (C=O) groups excluding carboxylic acids is 1. The van der Waals surface area contributed by atoms with Crippen LogP contribution >= 0.6 is 0 Å². The largest absolute Gasteiger partial charge is 0.478 e. The lowest BCUT2D eigenvalue weighted by Gasteiger charge is -2.14. The zero-order valence-corrected chi connectivity index (χ0v) is 16.1. The molecule has 0 heterocycles. The van der Waals surface area contributed by atoms with Crippen molar-refractivity contribution in [2.45, 2.75) is 5.92 Å². The third kappa shape index (κ3) is 4.03. The van der Waals surface area contributed by atoms with Gasteiger partial charge in [-0.3, -0.25) is 0 Å². The Balaban J connectivity index is 1.34. The molecule has 2 N–H and O–H groups in total. The molecule has 0 aromatic heterocycles. The van der Waals surface area contributed by atoms with Crippen molar-refractivity contribution in [3.63, 3.8) is 0 Å². The fourth-order valence-electron chi connectivity index (χ4n) is 3.64. The first-order valence-corrected chi connectivity index (χ1v) is 9.54. The van der Waals surface area contributed by atoms with Crippen molar-refractivity contribution in [2.75, 3.05) is 13.2 Å². The van der Waals surface area contributed by atoms with Crippen molar-refractivity contribution < 1.29 is 19.4 Å². The summed E-state index contributed by atoms with van der Waals surface area (Å²) in [6.07, 6.45) is -0.537. The second-order valence-electron chi connectivity index (χ2n) is 6.87. The number of fused-ring (bicyclic) bond motifs is 3. The molecule has 0 fully saturated rings. The average Bonchev–Trinajstić information content (AvgIpc) is 3.09. The number of rotatable bonds is 4. The molecule has 0 unspecified atom stereocenters. The molecule has 30 heavy (non-hydrogen) atoms. The van der Waals surface area contributed by atoms with Crippen LogP contribution in [0.3, 0.4) is 0 Å². The smallest absolute Gasteiger partial charge is 0.407 e. The molecule has 1 amide bonds. The first-order chi connectivity index (χ1) is 14.6. The van der Waals surface area contributed by atoms with Crippen molar-refractivity contribution in [1.29, 1.82) is 0 Å². The van der Waals surface area contributed by atoms with E-state index in [4.69, 9.17) is 9.84 Å². The maximum atomic E-state index is 12.1. The highest BCUT2D eigenvalue weighted by Crippen LogP contribution is 2.44. The molecule has 0 aliphatic heterocycles. The number of benzene rings is 3. The number of aromatic carboxylic acids is 1. The van der Waals surface area contributed by atoms with Crippen LogP contribution in [0.1, 0.15) is 33.0 Å². The van der Waals surface area contributed by atoms with Gasteiger partial charge in [-0.15, -0.1) is 0 Å².